The van der Waals surface area contributed by atoms with Crippen molar-refractivity contribution in [2.24, 2.45) is 0 Å². The first-order valence-corrected chi connectivity index (χ1v) is 5.82. The summed E-state index contributed by atoms with van der Waals surface area (Å²) in [6.45, 7) is 0. The van der Waals surface area contributed by atoms with Crippen LogP contribution in [0.25, 0.3) is 0 Å². The van der Waals surface area contributed by atoms with Crippen LogP contribution in [0.3, 0.4) is 0 Å². The van der Waals surface area contributed by atoms with Crippen LogP contribution in [-0.4, -0.2) is 37.1 Å². The highest BCUT2D eigenvalue weighted by Crippen LogP contribution is 2.28. The van der Waals surface area contributed by atoms with E-state index in [4.69, 9.17) is 14.2 Å². The van der Waals surface area contributed by atoms with Gasteiger partial charge in [0.1, 0.15) is 12.0 Å². The molecule has 0 atom stereocenters. The average Bonchev–Trinajstić information content (AvgIpc) is 2.53. The molecule has 20 heavy (non-hydrogen) atoms. The second-order valence-electron chi connectivity index (χ2n) is 3.84. The Morgan fingerprint density at radius 1 is 0.950 bits per heavy atom. The number of hydrogen-bond acceptors (Lipinski definition) is 6. The van der Waals surface area contributed by atoms with Gasteiger partial charge in [-0.05, 0) is 18.2 Å². The van der Waals surface area contributed by atoms with E-state index in [0.717, 1.165) is 0 Å². The van der Waals surface area contributed by atoms with Gasteiger partial charge in [0.05, 0.1) is 21.3 Å². The highest BCUT2D eigenvalue weighted by Gasteiger charge is 2.14. The van der Waals surface area contributed by atoms with Crippen molar-refractivity contribution in [3.05, 3.63) is 41.9 Å². The molecule has 0 radical (unpaired) electrons. The van der Waals surface area contributed by atoms with Gasteiger partial charge >= 0.3 is 0 Å². The van der Waals surface area contributed by atoms with E-state index in [2.05, 4.69) is 9.97 Å². The van der Waals surface area contributed by atoms with Crippen molar-refractivity contribution >= 4 is 5.78 Å². The van der Waals surface area contributed by atoms with E-state index < -0.39 is 0 Å². The maximum atomic E-state index is 12.3. The average molecular weight is 274 g/mol. The van der Waals surface area contributed by atoms with Crippen molar-refractivity contribution in [1.29, 1.82) is 0 Å². The second-order valence-corrected chi connectivity index (χ2v) is 3.84. The van der Waals surface area contributed by atoms with Gasteiger partial charge in [0.25, 0.3) is 0 Å². The fourth-order valence-corrected chi connectivity index (χ4v) is 1.70. The van der Waals surface area contributed by atoms with Gasteiger partial charge in [-0.1, -0.05) is 0 Å². The number of methoxy groups -OCH3 is 3. The smallest absolute Gasteiger partial charge is 0.216 e. The monoisotopic (exact) mass is 274 g/mol. The standard InChI is InChI=1S/C14H14N2O4/c1-18-11-5-4-9(6-12(11)19-2)14(17)10-7-13(20-3)16-8-15-10/h4-8H,1-3H3. The quantitative estimate of drug-likeness (QED) is 0.773. The predicted octanol–water partition coefficient (Wildman–Crippen LogP) is 1.73. The van der Waals surface area contributed by atoms with Crippen LogP contribution in [-0.2, 0) is 0 Å². The zero-order chi connectivity index (χ0) is 14.5. The topological polar surface area (TPSA) is 70.5 Å². The van der Waals surface area contributed by atoms with E-state index in [0.29, 0.717) is 22.9 Å². The summed E-state index contributed by atoms with van der Waals surface area (Å²) in [7, 11) is 4.53. The molecule has 0 aliphatic carbocycles. The van der Waals surface area contributed by atoms with E-state index in [1.54, 1.807) is 18.2 Å². The van der Waals surface area contributed by atoms with Crippen LogP contribution in [0, 0.1) is 0 Å². The number of carbonyl (C=O) groups is 1. The van der Waals surface area contributed by atoms with Gasteiger partial charge in [-0.3, -0.25) is 4.79 Å². The molecule has 6 heteroatoms. The Morgan fingerprint density at radius 2 is 1.70 bits per heavy atom. The summed E-state index contributed by atoms with van der Waals surface area (Å²) in [5.41, 5.74) is 0.701. The molecule has 1 aromatic heterocycles. The zero-order valence-corrected chi connectivity index (χ0v) is 11.4. The lowest BCUT2D eigenvalue weighted by atomic mass is 10.1. The number of nitrogens with zero attached hydrogens (tertiary/aromatic N) is 2. The maximum Gasteiger partial charge on any atom is 0.216 e. The molecule has 0 spiro atoms. The maximum absolute atomic E-state index is 12.3. The SMILES string of the molecule is COc1cc(C(=O)c2ccc(OC)c(OC)c2)ncn1. The molecule has 0 N–H and O–H groups in total. The first kappa shape index (κ1) is 13.8. The van der Waals surface area contributed by atoms with Gasteiger partial charge in [-0.15, -0.1) is 0 Å². The Hall–Kier alpha value is -2.63. The molecule has 104 valence electrons. The molecule has 0 unspecified atom stereocenters. The van der Waals surface area contributed by atoms with Crippen molar-refractivity contribution in [3.8, 4) is 17.4 Å². The third-order valence-corrected chi connectivity index (χ3v) is 2.73. The van der Waals surface area contributed by atoms with Crippen molar-refractivity contribution < 1.29 is 19.0 Å². The summed E-state index contributed by atoms with van der Waals surface area (Å²) in [6.07, 6.45) is 1.28. The summed E-state index contributed by atoms with van der Waals surface area (Å²) in [5, 5.41) is 0. The summed E-state index contributed by atoms with van der Waals surface area (Å²) in [5.74, 6) is 1.14. The lowest BCUT2D eigenvalue weighted by Crippen LogP contribution is -2.06. The highest BCUT2D eigenvalue weighted by molar-refractivity contribution is 6.08. The molecule has 6 nitrogen and oxygen atoms in total. The van der Waals surface area contributed by atoms with Crippen LogP contribution in [0.1, 0.15) is 16.1 Å². The molecule has 0 aliphatic rings. The van der Waals surface area contributed by atoms with Crippen molar-refractivity contribution in [1.82, 2.24) is 9.97 Å². The van der Waals surface area contributed by atoms with Crippen LogP contribution in [0.5, 0.6) is 17.4 Å². The molecule has 0 aliphatic heterocycles. The Balaban J connectivity index is 2.37. The minimum absolute atomic E-state index is 0.244. The molecule has 2 rings (SSSR count). The number of aromatic nitrogens is 2. The summed E-state index contributed by atoms with van der Waals surface area (Å²) in [6, 6.07) is 6.41. The molecule has 0 saturated carbocycles. The van der Waals surface area contributed by atoms with Gasteiger partial charge in [-0.2, -0.15) is 0 Å². The van der Waals surface area contributed by atoms with E-state index in [-0.39, 0.29) is 11.5 Å². The Kier molecular flexibility index (Phi) is 4.14. The Labute approximate surface area is 116 Å². The minimum atomic E-state index is -0.244. The zero-order valence-electron chi connectivity index (χ0n) is 11.4. The molecule has 2 aromatic rings. The number of rotatable bonds is 5. The number of hydrogen-bond donors (Lipinski definition) is 0. The lowest BCUT2D eigenvalue weighted by molar-refractivity contribution is 0.103. The molecule has 0 fully saturated rings. The molecule has 1 heterocycles. The minimum Gasteiger partial charge on any atom is -0.493 e. The van der Waals surface area contributed by atoms with Gasteiger partial charge in [-0.25, -0.2) is 9.97 Å². The summed E-state index contributed by atoms with van der Waals surface area (Å²) >= 11 is 0. The van der Waals surface area contributed by atoms with E-state index in [9.17, 15) is 4.79 Å². The molecular formula is C14H14N2O4. The molecule has 0 saturated heterocycles. The summed E-state index contributed by atoms with van der Waals surface area (Å²) < 4.78 is 15.3. The fraction of sp³-hybridized carbons (Fsp3) is 0.214. The predicted molar refractivity (Wildman–Crippen MR) is 71.6 cm³/mol. The number of ketones is 1. The fourth-order valence-electron chi connectivity index (χ4n) is 1.70. The first-order valence-electron chi connectivity index (χ1n) is 5.82. The van der Waals surface area contributed by atoms with Crippen LogP contribution < -0.4 is 14.2 Å². The van der Waals surface area contributed by atoms with E-state index in [1.807, 2.05) is 0 Å². The van der Waals surface area contributed by atoms with E-state index >= 15 is 0 Å². The normalized spacial score (nSPS) is 9.95. The lowest BCUT2D eigenvalue weighted by Gasteiger charge is -2.09. The second kappa shape index (κ2) is 6.01. The van der Waals surface area contributed by atoms with Crippen molar-refractivity contribution in [2.75, 3.05) is 21.3 Å². The van der Waals surface area contributed by atoms with E-state index in [1.165, 1.54) is 33.7 Å². The van der Waals surface area contributed by atoms with Crippen LogP contribution in [0.2, 0.25) is 0 Å². The number of benzene rings is 1. The largest absolute Gasteiger partial charge is 0.493 e. The van der Waals surface area contributed by atoms with Crippen LogP contribution in [0.15, 0.2) is 30.6 Å². The van der Waals surface area contributed by atoms with Crippen molar-refractivity contribution in [3.63, 3.8) is 0 Å². The Morgan fingerprint density at radius 3 is 2.35 bits per heavy atom. The number of carbonyl (C=O) groups excluding carboxylic acids is 1. The molecular weight excluding hydrogens is 260 g/mol. The van der Waals surface area contributed by atoms with Gasteiger partial charge < -0.3 is 14.2 Å². The molecule has 0 bridgehead atoms. The van der Waals surface area contributed by atoms with Crippen molar-refractivity contribution in [2.45, 2.75) is 0 Å². The highest BCUT2D eigenvalue weighted by atomic mass is 16.5. The van der Waals surface area contributed by atoms with Crippen LogP contribution >= 0.6 is 0 Å². The molecule has 0 amide bonds. The van der Waals surface area contributed by atoms with Gasteiger partial charge in [0, 0.05) is 11.6 Å². The van der Waals surface area contributed by atoms with Crippen LogP contribution in [0.4, 0.5) is 0 Å². The number of ether oxygens (including phenoxy) is 3. The third-order valence-electron chi connectivity index (χ3n) is 2.73. The Bertz CT molecular complexity index is 628. The third kappa shape index (κ3) is 2.69. The summed E-state index contributed by atoms with van der Waals surface area (Å²) in [4.78, 5) is 20.2. The van der Waals surface area contributed by atoms with Gasteiger partial charge in [0.2, 0.25) is 11.7 Å². The van der Waals surface area contributed by atoms with Gasteiger partial charge in [0.15, 0.2) is 11.5 Å². The first-order chi connectivity index (χ1) is 9.69. The molecule has 1 aromatic carbocycles.